The van der Waals surface area contributed by atoms with Gasteiger partial charge in [0.1, 0.15) is 11.4 Å². The number of aromatic nitrogens is 2. The first-order valence-electron chi connectivity index (χ1n) is 7.60. The van der Waals surface area contributed by atoms with Crippen molar-refractivity contribution in [2.24, 2.45) is 7.05 Å². The van der Waals surface area contributed by atoms with Crippen LogP contribution in [0.25, 0.3) is 0 Å². The maximum absolute atomic E-state index is 12.1. The molecule has 124 valence electrons. The van der Waals surface area contributed by atoms with Gasteiger partial charge in [0, 0.05) is 13.6 Å². The number of carbonyl (C=O) groups excluding carboxylic acids is 1. The van der Waals surface area contributed by atoms with E-state index in [1.54, 1.807) is 25.2 Å². The summed E-state index contributed by atoms with van der Waals surface area (Å²) in [6.45, 7) is 5.87. The quantitative estimate of drug-likeness (QED) is 0.854. The summed E-state index contributed by atoms with van der Waals surface area (Å²) in [5, 5.41) is 17.0. The molecule has 2 aromatic rings. The number of amides is 1. The molecule has 6 nitrogen and oxygen atoms in total. The average Bonchev–Trinajstić information content (AvgIpc) is 2.83. The van der Waals surface area contributed by atoms with Gasteiger partial charge in [-0.3, -0.25) is 9.48 Å². The molecule has 0 radical (unpaired) electrons. The van der Waals surface area contributed by atoms with Crippen molar-refractivity contribution in [1.29, 1.82) is 0 Å². The topological polar surface area (TPSA) is 76.4 Å². The maximum Gasteiger partial charge on any atom is 0.269 e. The zero-order valence-electron chi connectivity index (χ0n) is 13.9. The van der Waals surface area contributed by atoms with E-state index in [1.807, 2.05) is 32.9 Å². The predicted molar refractivity (Wildman–Crippen MR) is 87.4 cm³/mol. The van der Waals surface area contributed by atoms with Crippen molar-refractivity contribution in [3.63, 3.8) is 0 Å². The van der Waals surface area contributed by atoms with Gasteiger partial charge in [-0.1, -0.05) is 12.1 Å². The Morgan fingerprint density at radius 1 is 1.35 bits per heavy atom. The minimum absolute atomic E-state index is 0.104. The van der Waals surface area contributed by atoms with E-state index in [1.165, 1.54) is 4.68 Å². The molecule has 0 aliphatic rings. The fourth-order valence-corrected chi connectivity index (χ4v) is 2.26. The Hall–Kier alpha value is -2.34. The third-order valence-electron chi connectivity index (χ3n) is 3.33. The molecular formula is C17H23N3O3. The lowest BCUT2D eigenvalue weighted by Crippen LogP contribution is -2.29. The number of rotatable bonds is 6. The smallest absolute Gasteiger partial charge is 0.269 e. The van der Waals surface area contributed by atoms with Gasteiger partial charge < -0.3 is 15.2 Å². The number of benzene rings is 1. The van der Waals surface area contributed by atoms with Crippen LogP contribution in [0.5, 0.6) is 5.75 Å². The Kier molecular flexibility index (Phi) is 5.39. The molecule has 0 saturated carbocycles. The monoisotopic (exact) mass is 317 g/mol. The lowest BCUT2D eigenvalue weighted by Gasteiger charge is -2.14. The van der Waals surface area contributed by atoms with Crippen molar-refractivity contribution < 1.29 is 14.6 Å². The molecule has 2 rings (SSSR count). The van der Waals surface area contributed by atoms with Gasteiger partial charge in [0.05, 0.1) is 17.9 Å². The summed E-state index contributed by atoms with van der Waals surface area (Å²) >= 11 is 0. The van der Waals surface area contributed by atoms with Crippen molar-refractivity contribution in [1.82, 2.24) is 15.1 Å². The van der Waals surface area contributed by atoms with E-state index in [0.717, 1.165) is 17.0 Å². The van der Waals surface area contributed by atoms with Crippen molar-refractivity contribution in [2.75, 3.05) is 6.54 Å². The summed E-state index contributed by atoms with van der Waals surface area (Å²) < 4.78 is 7.08. The first-order chi connectivity index (χ1) is 10.9. The van der Waals surface area contributed by atoms with Crippen LogP contribution in [0.1, 0.15) is 41.7 Å². The molecule has 1 heterocycles. The van der Waals surface area contributed by atoms with Gasteiger partial charge >= 0.3 is 0 Å². The summed E-state index contributed by atoms with van der Waals surface area (Å²) in [6.07, 6.45) is -0.672. The molecule has 0 fully saturated rings. The van der Waals surface area contributed by atoms with Crippen molar-refractivity contribution in [3.8, 4) is 5.75 Å². The number of aliphatic hydroxyl groups is 1. The van der Waals surface area contributed by atoms with Gasteiger partial charge in [0.15, 0.2) is 0 Å². The number of aliphatic hydroxyl groups excluding tert-OH is 1. The number of nitrogens with one attached hydrogen (secondary N) is 1. The molecule has 0 bridgehead atoms. The van der Waals surface area contributed by atoms with Crippen molar-refractivity contribution >= 4 is 5.91 Å². The molecule has 23 heavy (non-hydrogen) atoms. The molecule has 0 aliphatic heterocycles. The van der Waals surface area contributed by atoms with Crippen LogP contribution in [-0.4, -0.2) is 33.4 Å². The van der Waals surface area contributed by atoms with Crippen LogP contribution < -0.4 is 10.1 Å². The van der Waals surface area contributed by atoms with Crippen LogP contribution in [0, 0.1) is 6.92 Å². The van der Waals surface area contributed by atoms with Crippen LogP contribution in [0.15, 0.2) is 30.3 Å². The minimum Gasteiger partial charge on any atom is -0.491 e. The first kappa shape index (κ1) is 17.0. The fourth-order valence-electron chi connectivity index (χ4n) is 2.26. The highest BCUT2D eigenvalue weighted by molar-refractivity contribution is 5.92. The number of nitrogens with zero attached hydrogens (tertiary/aromatic N) is 2. The summed E-state index contributed by atoms with van der Waals surface area (Å²) in [5.41, 5.74) is 1.97. The van der Waals surface area contributed by atoms with E-state index in [4.69, 9.17) is 4.74 Å². The molecule has 1 aromatic carbocycles. The lowest BCUT2D eigenvalue weighted by atomic mass is 10.1. The minimum atomic E-state index is -0.777. The van der Waals surface area contributed by atoms with Gasteiger partial charge in [-0.2, -0.15) is 5.10 Å². The summed E-state index contributed by atoms with van der Waals surface area (Å²) in [7, 11) is 1.71. The number of hydrogen-bond acceptors (Lipinski definition) is 4. The van der Waals surface area contributed by atoms with Crippen molar-refractivity contribution in [3.05, 3.63) is 47.3 Å². The second-order valence-corrected chi connectivity index (χ2v) is 5.76. The normalized spacial score (nSPS) is 12.3. The third kappa shape index (κ3) is 4.56. The van der Waals surface area contributed by atoms with Crippen LogP contribution in [0.3, 0.4) is 0 Å². The zero-order chi connectivity index (χ0) is 17.0. The average molecular weight is 317 g/mol. The van der Waals surface area contributed by atoms with Gasteiger partial charge in [-0.25, -0.2) is 0 Å². The number of carbonyl (C=O) groups is 1. The van der Waals surface area contributed by atoms with Crippen LogP contribution in [0.2, 0.25) is 0 Å². The second-order valence-electron chi connectivity index (χ2n) is 5.76. The summed E-state index contributed by atoms with van der Waals surface area (Å²) in [6, 6.07) is 8.92. The van der Waals surface area contributed by atoms with Crippen LogP contribution in [-0.2, 0) is 7.05 Å². The lowest BCUT2D eigenvalue weighted by molar-refractivity contribution is 0.0907. The maximum atomic E-state index is 12.1. The van der Waals surface area contributed by atoms with Gasteiger partial charge in [0.2, 0.25) is 0 Å². The Morgan fingerprint density at radius 3 is 2.52 bits per heavy atom. The molecule has 1 amide bonds. The SMILES string of the molecule is Cc1cc(C(=O)NCC(O)c2ccc(OC(C)C)cc2)n(C)n1. The third-order valence-corrected chi connectivity index (χ3v) is 3.33. The fraction of sp³-hybridized carbons (Fsp3) is 0.412. The highest BCUT2D eigenvalue weighted by atomic mass is 16.5. The molecule has 0 aliphatic carbocycles. The summed E-state index contributed by atoms with van der Waals surface area (Å²) in [5.74, 6) is 0.497. The molecule has 1 atom stereocenters. The van der Waals surface area contributed by atoms with E-state index in [0.29, 0.717) is 5.69 Å². The van der Waals surface area contributed by atoms with Crippen LogP contribution >= 0.6 is 0 Å². The number of ether oxygens (including phenoxy) is 1. The predicted octanol–water partition coefficient (Wildman–Crippen LogP) is 1.98. The van der Waals surface area contributed by atoms with Gasteiger partial charge in [-0.15, -0.1) is 0 Å². The highest BCUT2D eigenvalue weighted by Gasteiger charge is 2.14. The molecule has 1 unspecified atom stereocenters. The Morgan fingerprint density at radius 2 is 2.00 bits per heavy atom. The second kappa shape index (κ2) is 7.28. The van der Waals surface area contributed by atoms with E-state index in [9.17, 15) is 9.90 Å². The van der Waals surface area contributed by atoms with Gasteiger partial charge in [-0.05, 0) is 44.5 Å². The molecule has 6 heteroatoms. The molecule has 0 spiro atoms. The first-order valence-corrected chi connectivity index (χ1v) is 7.60. The van der Waals surface area contributed by atoms with E-state index in [-0.39, 0.29) is 18.6 Å². The molecular weight excluding hydrogens is 294 g/mol. The Bertz CT molecular complexity index is 662. The highest BCUT2D eigenvalue weighted by Crippen LogP contribution is 2.18. The van der Waals surface area contributed by atoms with E-state index < -0.39 is 6.10 Å². The Balaban J connectivity index is 1.92. The molecule has 0 saturated heterocycles. The summed E-state index contributed by atoms with van der Waals surface area (Å²) in [4.78, 5) is 12.1. The number of hydrogen-bond donors (Lipinski definition) is 2. The largest absolute Gasteiger partial charge is 0.491 e. The molecule has 1 aromatic heterocycles. The van der Waals surface area contributed by atoms with Gasteiger partial charge in [0.25, 0.3) is 5.91 Å². The van der Waals surface area contributed by atoms with E-state index in [2.05, 4.69) is 10.4 Å². The van der Waals surface area contributed by atoms with Crippen molar-refractivity contribution in [2.45, 2.75) is 33.0 Å². The van der Waals surface area contributed by atoms with E-state index >= 15 is 0 Å². The molecule has 2 N–H and O–H groups in total. The number of aryl methyl sites for hydroxylation is 2. The van der Waals surface area contributed by atoms with Crippen LogP contribution in [0.4, 0.5) is 0 Å². The zero-order valence-corrected chi connectivity index (χ0v) is 13.9. The standard InChI is InChI=1S/C17H23N3O3/c1-11(2)23-14-7-5-13(6-8-14)16(21)10-18-17(22)15-9-12(3)19-20(15)4/h5-9,11,16,21H,10H2,1-4H3,(H,18,22). The Labute approximate surface area is 136 Å².